The van der Waals surface area contributed by atoms with E-state index in [2.05, 4.69) is 15.4 Å². The molecule has 0 bridgehead atoms. The lowest BCUT2D eigenvalue weighted by atomic mass is 9.97. The van der Waals surface area contributed by atoms with Gasteiger partial charge in [0, 0.05) is 7.05 Å². The number of anilines is 1. The van der Waals surface area contributed by atoms with E-state index in [1.54, 1.807) is 19.9 Å². The highest BCUT2D eigenvalue weighted by atomic mass is 32.3. The molecule has 1 aliphatic rings. The van der Waals surface area contributed by atoms with Gasteiger partial charge in [-0.05, 0) is 41.9 Å². The van der Waals surface area contributed by atoms with Crippen molar-refractivity contribution in [3.05, 3.63) is 29.1 Å². The SMILES string of the molecule is CNc1nc(C(F)(F)F)nn1-c1cc(S(=O)(=O)F)c(C(C)C)cc1C1CC1. The number of halogens is 4. The maximum absolute atomic E-state index is 13.9. The summed E-state index contributed by atoms with van der Waals surface area (Å²) >= 11 is 0. The molecule has 0 unspecified atom stereocenters. The third kappa shape index (κ3) is 3.78. The van der Waals surface area contributed by atoms with Gasteiger partial charge < -0.3 is 5.32 Å². The minimum atomic E-state index is -5.08. The van der Waals surface area contributed by atoms with Crippen molar-refractivity contribution in [3.8, 4) is 5.69 Å². The van der Waals surface area contributed by atoms with E-state index >= 15 is 0 Å². The number of alkyl halides is 3. The Labute approximate surface area is 153 Å². The van der Waals surface area contributed by atoms with E-state index in [0.717, 1.165) is 23.6 Å². The molecule has 3 rings (SSSR count). The molecule has 1 aliphatic carbocycles. The standard InChI is InChI=1S/C16H18F4N4O2S/c1-8(2)10-6-11(9-4-5-9)12(7-13(10)27(20,25)26)24-15(21-3)22-14(23-24)16(17,18)19/h6-9H,4-5H2,1-3H3,(H,21,22,23). The Kier molecular flexibility index (Phi) is 4.69. The summed E-state index contributed by atoms with van der Waals surface area (Å²) in [6.07, 6.45) is -3.16. The van der Waals surface area contributed by atoms with Crippen LogP contribution >= 0.6 is 0 Å². The van der Waals surface area contributed by atoms with Crippen LogP contribution in [-0.4, -0.2) is 30.2 Å². The van der Waals surface area contributed by atoms with E-state index in [0.29, 0.717) is 5.56 Å². The van der Waals surface area contributed by atoms with E-state index in [4.69, 9.17) is 0 Å². The van der Waals surface area contributed by atoms with Gasteiger partial charge in [0.2, 0.25) is 5.95 Å². The van der Waals surface area contributed by atoms with E-state index in [9.17, 15) is 25.5 Å². The van der Waals surface area contributed by atoms with Gasteiger partial charge in [-0.3, -0.25) is 0 Å². The minimum absolute atomic E-state index is 0.0529. The van der Waals surface area contributed by atoms with Crippen molar-refractivity contribution in [1.29, 1.82) is 0 Å². The molecule has 1 fully saturated rings. The number of nitrogens with one attached hydrogen (secondary N) is 1. The summed E-state index contributed by atoms with van der Waals surface area (Å²) in [5.74, 6) is -1.82. The average molecular weight is 406 g/mol. The maximum atomic E-state index is 13.9. The first-order valence-electron chi connectivity index (χ1n) is 8.28. The monoisotopic (exact) mass is 406 g/mol. The second-order valence-electron chi connectivity index (χ2n) is 6.73. The molecule has 0 saturated heterocycles. The quantitative estimate of drug-likeness (QED) is 0.600. The normalized spacial score (nSPS) is 15.4. The van der Waals surface area contributed by atoms with Crippen molar-refractivity contribution in [1.82, 2.24) is 14.8 Å². The summed E-state index contributed by atoms with van der Waals surface area (Å²) in [6, 6.07) is 2.60. The van der Waals surface area contributed by atoms with Crippen LogP contribution in [0.5, 0.6) is 0 Å². The molecule has 27 heavy (non-hydrogen) atoms. The van der Waals surface area contributed by atoms with Crippen molar-refractivity contribution >= 4 is 16.2 Å². The Morgan fingerprint density at radius 1 is 1.26 bits per heavy atom. The molecule has 6 nitrogen and oxygen atoms in total. The molecular formula is C16H18F4N4O2S. The van der Waals surface area contributed by atoms with Crippen molar-refractivity contribution < 1.29 is 25.5 Å². The Balaban J connectivity index is 2.31. The molecule has 11 heteroatoms. The van der Waals surface area contributed by atoms with Crippen molar-refractivity contribution in [3.63, 3.8) is 0 Å². The molecule has 0 amide bonds. The zero-order valence-electron chi connectivity index (χ0n) is 14.8. The fourth-order valence-corrected chi connectivity index (χ4v) is 3.76. The third-order valence-corrected chi connectivity index (χ3v) is 5.25. The van der Waals surface area contributed by atoms with E-state index in [-0.39, 0.29) is 29.0 Å². The molecule has 1 N–H and O–H groups in total. The first kappa shape index (κ1) is 19.6. The Morgan fingerprint density at radius 3 is 2.33 bits per heavy atom. The van der Waals surface area contributed by atoms with Gasteiger partial charge in [-0.2, -0.15) is 31.3 Å². The lowest BCUT2D eigenvalue weighted by Crippen LogP contribution is -2.11. The van der Waals surface area contributed by atoms with Gasteiger partial charge >= 0.3 is 16.4 Å². The third-order valence-electron chi connectivity index (χ3n) is 4.37. The first-order valence-corrected chi connectivity index (χ1v) is 9.66. The number of aromatic nitrogens is 3. The van der Waals surface area contributed by atoms with Crippen LogP contribution in [0.4, 0.5) is 23.0 Å². The van der Waals surface area contributed by atoms with Gasteiger partial charge in [-0.1, -0.05) is 19.9 Å². The summed E-state index contributed by atoms with van der Waals surface area (Å²) in [7, 11) is -3.71. The Hall–Kier alpha value is -2.17. The zero-order chi connectivity index (χ0) is 20.1. The molecule has 0 spiro atoms. The molecule has 148 valence electrons. The molecule has 2 aromatic rings. The average Bonchev–Trinajstić information content (AvgIpc) is 3.29. The summed E-state index contributed by atoms with van der Waals surface area (Å²) in [5, 5.41) is 6.01. The van der Waals surface area contributed by atoms with Crippen LogP contribution < -0.4 is 5.32 Å². The molecule has 0 atom stereocenters. The highest BCUT2D eigenvalue weighted by Gasteiger charge is 2.38. The zero-order valence-corrected chi connectivity index (χ0v) is 15.6. The number of hydrogen-bond donors (Lipinski definition) is 1. The van der Waals surface area contributed by atoms with Crippen molar-refractivity contribution in [2.24, 2.45) is 0 Å². The van der Waals surface area contributed by atoms with Gasteiger partial charge in [-0.15, -0.1) is 8.98 Å². The summed E-state index contributed by atoms with van der Waals surface area (Å²) in [5.41, 5.74) is 0.983. The van der Waals surface area contributed by atoms with Crippen LogP contribution in [0, 0.1) is 0 Å². The summed E-state index contributed by atoms with van der Waals surface area (Å²) in [6.45, 7) is 3.44. The molecule has 1 aromatic heterocycles. The first-order chi connectivity index (χ1) is 12.4. The topological polar surface area (TPSA) is 76.9 Å². The highest BCUT2D eigenvalue weighted by Crippen LogP contribution is 2.45. The Bertz CT molecular complexity index is 979. The lowest BCUT2D eigenvalue weighted by molar-refractivity contribution is -0.144. The van der Waals surface area contributed by atoms with Crippen LogP contribution in [0.2, 0.25) is 0 Å². The van der Waals surface area contributed by atoms with Gasteiger partial charge in [0.05, 0.1) is 5.69 Å². The van der Waals surface area contributed by atoms with E-state index < -0.39 is 27.1 Å². The van der Waals surface area contributed by atoms with Crippen molar-refractivity contribution in [2.45, 2.75) is 49.6 Å². The summed E-state index contributed by atoms with van der Waals surface area (Å²) < 4.78 is 77.1. The van der Waals surface area contributed by atoms with Gasteiger partial charge in [0.1, 0.15) is 4.90 Å². The fraction of sp³-hybridized carbons (Fsp3) is 0.500. The number of rotatable bonds is 5. The maximum Gasteiger partial charge on any atom is 0.453 e. The predicted octanol–water partition coefficient (Wildman–Crippen LogP) is 3.99. The van der Waals surface area contributed by atoms with Crippen LogP contribution in [0.1, 0.15) is 55.5 Å². The fourth-order valence-electron chi connectivity index (χ4n) is 2.93. The number of hydrogen-bond acceptors (Lipinski definition) is 5. The predicted molar refractivity (Wildman–Crippen MR) is 90.3 cm³/mol. The molecule has 0 aliphatic heterocycles. The van der Waals surface area contributed by atoms with E-state index in [1.807, 2.05) is 0 Å². The Morgan fingerprint density at radius 2 is 1.89 bits per heavy atom. The van der Waals surface area contributed by atoms with Gasteiger partial charge in [-0.25, -0.2) is 0 Å². The van der Waals surface area contributed by atoms with Crippen LogP contribution in [0.25, 0.3) is 5.69 Å². The second-order valence-corrected chi connectivity index (χ2v) is 8.05. The van der Waals surface area contributed by atoms with Crippen LogP contribution in [-0.2, 0) is 16.4 Å². The largest absolute Gasteiger partial charge is 0.453 e. The van der Waals surface area contributed by atoms with E-state index in [1.165, 1.54) is 7.05 Å². The smallest absolute Gasteiger partial charge is 0.357 e. The highest BCUT2D eigenvalue weighted by molar-refractivity contribution is 7.86. The molecule has 1 aromatic carbocycles. The van der Waals surface area contributed by atoms with Crippen LogP contribution in [0.15, 0.2) is 17.0 Å². The molecule has 1 saturated carbocycles. The lowest BCUT2D eigenvalue weighted by Gasteiger charge is -2.17. The van der Waals surface area contributed by atoms with Gasteiger partial charge in [0.25, 0.3) is 5.82 Å². The minimum Gasteiger partial charge on any atom is -0.357 e. The van der Waals surface area contributed by atoms with Gasteiger partial charge in [0.15, 0.2) is 0 Å². The summed E-state index contributed by atoms with van der Waals surface area (Å²) in [4.78, 5) is 2.85. The van der Waals surface area contributed by atoms with Crippen LogP contribution in [0.3, 0.4) is 0 Å². The van der Waals surface area contributed by atoms with Crippen molar-refractivity contribution in [2.75, 3.05) is 12.4 Å². The second kappa shape index (κ2) is 6.47. The number of nitrogens with zero attached hydrogens (tertiary/aromatic N) is 3. The molecule has 0 radical (unpaired) electrons. The molecule has 1 heterocycles. The number of benzene rings is 1. The molecular weight excluding hydrogens is 388 g/mol.